The maximum absolute atomic E-state index is 13.1. The second kappa shape index (κ2) is 7.64. The fourth-order valence-corrected chi connectivity index (χ4v) is 4.72. The summed E-state index contributed by atoms with van der Waals surface area (Å²) in [6.45, 7) is 6.55. The van der Waals surface area contributed by atoms with E-state index in [4.69, 9.17) is 0 Å². The van der Waals surface area contributed by atoms with Crippen molar-refractivity contribution in [2.75, 3.05) is 18.0 Å². The Kier molecular flexibility index (Phi) is 5.07. The molecule has 0 atom stereocenters. The molecule has 0 saturated carbocycles. The van der Waals surface area contributed by atoms with Gasteiger partial charge in [-0.05, 0) is 38.7 Å². The molecule has 0 radical (unpaired) electrons. The molecule has 0 bridgehead atoms. The predicted molar refractivity (Wildman–Crippen MR) is 111 cm³/mol. The van der Waals surface area contributed by atoms with E-state index in [0.717, 1.165) is 45.1 Å². The van der Waals surface area contributed by atoms with E-state index < -0.39 is 0 Å². The molecular weight excluding hydrogens is 356 g/mol. The van der Waals surface area contributed by atoms with Crippen LogP contribution in [0.2, 0.25) is 0 Å². The zero-order valence-corrected chi connectivity index (χ0v) is 16.6. The van der Waals surface area contributed by atoms with Crippen LogP contribution in [0, 0.1) is 13.8 Å². The summed E-state index contributed by atoms with van der Waals surface area (Å²) in [5.74, 6) is 0.859. The third kappa shape index (κ3) is 3.67. The molecule has 1 aliphatic heterocycles. The molecule has 2 aromatic heterocycles. The van der Waals surface area contributed by atoms with Gasteiger partial charge in [-0.3, -0.25) is 4.79 Å². The second-order valence-corrected chi connectivity index (χ2v) is 8.33. The number of aryl methyl sites for hydroxylation is 2. The van der Waals surface area contributed by atoms with Gasteiger partial charge in [-0.25, -0.2) is 9.97 Å². The lowest BCUT2D eigenvalue weighted by molar-refractivity contribution is 0.0952. The van der Waals surface area contributed by atoms with Gasteiger partial charge in [0.05, 0.1) is 10.9 Å². The maximum Gasteiger partial charge on any atom is 0.253 e. The van der Waals surface area contributed by atoms with E-state index in [0.29, 0.717) is 6.54 Å². The quantitative estimate of drug-likeness (QED) is 0.736. The zero-order chi connectivity index (χ0) is 18.8. The molecule has 5 nitrogen and oxygen atoms in total. The van der Waals surface area contributed by atoms with Crippen LogP contribution >= 0.6 is 11.3 Å². The van der Waals surface area contributed by atoms with Gasteiger partial charge < -0.3 is 10.2 Å². The Morgan fingerprint density at radius 1 is 1.19 bits per heavy atom. The summed E-state index contributed by atoms with van der Waals surface area (Å²) in [6, 6.07) is 8.21. The third-order valence-corrected chi connectivity index (χ3v) is 6.08. The molecule has 140 valence electrons. The molecule has 0 spiro atoms. The Hall–Kier alpha value is -2.47. The van der Waals surface area contributed by atoms with Crippen LogP contribution in [0.3, 0.4) is 0 Å². The molecule has 6 heteroatoms. The molecular formula is C21H24N4OS. The molecule has 1 saturated heterocycles. The summed E-state index contributed by atoms with van der Waals surface area (Å²) < 4.78 is 0. The van der Waals surface area contributed by atoms with Crippen LogP contribution in [0.4, 0.5) is 5.82 Å². The number of amides is 1. The fourth-order valence-electron chi connectivity index (χ4n) is 3.74. The molecule has 0 unspecified atom stereocenters. The van der Waals surface area contributed by atoms with E-state index in [1.54, 1.807) is 17.7 Å². The number of benzene rings is 1. The summed E-state index contributed by atoms with van der Waals surface area (Å²) in [5, 5.41) is 3.99. The van der Waals surface area contributed by atoms with E-state index in [9.17, 15) is 4.79 Å². The predicted octanol–water partition coefficient (Wildman–Crippen LogP) is 4.23. The van der Waals surface area contributed by atoms with Crippen LogP contribution in [0.1, 0.15) is 45.6 Å². The van der Waals surface area contributed by atoms with Gasteiger partial charge in [0.2, 0.25) is 0 Å². The average Bonchev–Trinajstić information content (AvgIpc) is 3.03. The minimum absolute atomic E-state index is 0.0479. The van der Waals surface area contributed by atoms with E-state index >= 15 is 0 Å². The zero-order valence-electron chi connectivity index (χ0n) is 15.8. The highest BCUT2D eigenvalue weighted by Crippen LogP contribution is 2.35. The molecule has 4 rings (SSSR count). The van der Waals surface area contributed by atoms with Crippen LogP contribution in [0.25, 0.3) is 10.2 Å². The summed E-state index contributed by atoms with van der Waals surface area (Å²) in [7, 11) is 0. The highest BCUT2D eigenvalue weighted by Gasteiger charge is 2.24. The van der Waals surface area contributed by atoms with Crippen molar-refractivity contribution in [1.29, 1.82) is 0 Å². The van der Waals surface area contributed by atoms with Gasteiger partial charge in [0, 0.05) is 24.5 Å². The van der Waals surface area contributed by atoms with Crippen molar-refractivity contribution in [3.8, 4) is 0 Å². The van der Waals surface area contributed by atoms with Gasteiger partial charge in [-0.1, -0.05) is 29.8 Å². The SMILES string of the molecule is Cc1cccc(CNC(=O)c2c(C)sc3ncnc(N4CCCCC4)c23)c1. The number of nitrogens with one attached hydrogen (secondary N) is 1. The Morgan fingerprint density at radius 2 is 2.00 bits per heavy atom. The Bertz CT molecular complexity index is 975. The first kappa shape index (κ1) is 17.9. The van der Waals surface area contributed by atoms with Crippen LogP contribution in [0.15, 0.2) is 30.6 Å². The van der Waals surface area contributed by atoms with Gasteiger partial charge in [-0.2, -0.15) is 0 Å². The maximum atomic E-state index is 13.1. The molecule has 1 aromatic carbocycles. The first-order chi connectivity index (χ1) is 13.1. The van der Waals surface area contributed by atoms with Gasteiger partial charge >= 0.3 is 0 Å². The standard InChI is InChI=1S/C21H24N4OS/c1-14-7-6-8-16(11-14)12-22-20(26)17-15(2)27-21-18(17)19(23-13-24-21)25-9-4-3-5-10-25/h6-8,11,13H,3-5,9-10,12H2,1-2H3,(H,22,26). The molecule has 1 aliphatic rings. The van der Waals surface area contributed by atoms with Crippen molar-refractivity contribution in [2.24, 2.45) is 0 Å². The van der Waals surface area contributed by atoms with Crippen LogP contribution in [-0.2, 0) is 6.54 Å². The molecule has 1 fully saturated rings. The van der Waals surface area contributed by atoms with Gasteiger partial charge in [0.15, 0.2) is 0 Å². The number of carbonyl (C=O) groups is 1. The lowest BCUT2D eigenvalue weighted by atomic mass is 10.1. The highest BCUT2D eigenvalue weighted by atomic mass is 32.1. The van der Waals surface area contributed by atoms with Gasteiger partial charge in [-0.15, -0.1) is 11.3 Å². The van der Waals surface area contributed by atoms with Gasteiger partial charge in [0.25, 0.3) is 5.91 Å². The largest absolute Gasteiger partial charge is 0.356 e. The van der Waals surface area contributed by atoms with E-state index in [1.165, 1.54) is 24.8 Å². The summed E-state index contributed by atoms with van der Waals surface area (Å²) >= 11 is 1.57. The van der Waals surface area contributed by atoms with Gasteiger partial charge in [0.1, 0.15) is 17.0 Å². The number of nitrogens with zero attached hydrogens (tertiary/aromatic N) is 3. The third-order valence-electron chi connectivity index (χ3n) is 5.06. The van der Waals surface area contributed by atoms with E-state index in [2.05, 4.69) is 39.2 Å². The molecule has 3 aromatic rings. The first-order valence-corrected chi connectivity index (χ1v) is 10.3. The summed E-state index contributed by atoms with van der Waals surface area (Å²) in [5.41, 5.74) is 3.02. The fraction of sp³-hybridized carbons (Fsp3) is 0.381. The highest BCUT2D eigenvalue weighted by molar-refractivity contribution is 7.19. The number of hydrogen-bond acceptors (Lipinski definition) is 5. The molecule has 0 aliphatic carbocycles. The minimum atomic E-state index is -0.0479. The lowest BCUT2D eigenvalue weighted by Crippen LogP contribution is -2.31. The van der Waals surface area contributed by atoms with Crippen LogP contribution in [-0.4, -0.2) is 29.0 Å². The molecule has 1 N–H and O–H groups in total. The second-order valence-electron chi connectivity index (χ2n) is 7.13. The topological polar surface area (TPSA) is 58.1 Å². The average molecular weight is 381 g/mol. The van der Waals surface area contributed by atoms with Crippen molar-refractivity contribution in [3.05, 3.63) is 52.2 Å². The minimum Gasteiger partial charge on any atom is -0.356 e. The normalized spacial score (nSPS) is 14.5. The Balaban J connectivity index is 1.66. The van der Waals surface area contributed by atoms with Crippen molar-refractivity contribution < 1.29 is 4.79 Å². The number of piperidine rings is 1. The van der Waals surface area contributed by atoms with Crippen LogP contribution in [0.5, 0.6) is 0 Å². The van der Waals surface area contributed by atoms with E-state index in [1.807, 2.05) is 19.1 Å². The van der Waals surface area contributed by atoms with E-state index in [-0.39, 0.29) is 5.91 Å². The molecule has 27 heavy (non-hydrogen) atoms. The number of anilines is 1. The van der Waals surface area contributed by atoms with Crippen LogP contribution < -0.4 is 10.2 Å². The van der Waals surface area contributed by atoms with Crippen molar-refractivity contribution in [3.63, 3.8) is 0 Å². The Labute approximate surface area is 163 Å². The first-order valence-electron chi connectivity index (χ1n) is 9.46. The number of carbonyl (C=O) groups excluding carboxylic acids is 1. The number of hydrogen-bond donors (Lipinski definition) is 1. The van der Waals surface area contributed by atoms with Crippen molar-refractivity contribution in [2.45, 2.75) is 39.7 Å². The number of thiophene rings is 1. The molecule has 3 heterocycles. The monoisotopic (exact) mass is 380 g/mol. The Morgan fingerprint density at radius 3 is 2.78 bits per heavy atom. The summed E-state index contributed by atoms with van der Waals surface area (Å²) in [4.78, 5) is 26.2. The number of rotatable bonds is 4. The lowest BCUT2D eigenvalue weighted by Gasteiger charge is -2.28. The number of aromatic nitrogens is 2. The summed E-state index contributed by atoms with van der Waals surface area (Å²) in [6.07, 6.45) is 5.22. The van der Waals surface area contributed by atoms with Crippen molar-refractivity contribution >= 4 is 33.3 Å². The number of fused-ring (bicyclic) bond motifs is 1. The molecule has 1 amide bonds. The smallest absolute Gasteiger partial charge is 0.253 e. The van der Waals surface area contributed by atoms with Crippen molar-refractivity contribution in [1.82, 2.24) is 15.3 Å².